The molecule has 0 bridgehead atoms. The average molecular weight is 346 g/mol. The lowest BCUT2D eigenvalue weighted by Crippen LogP contribution is -2.22. The fraction of sp³-hybridized carbons (Fsp3) is 0.100. The maximum atomic E-state index is 13.2. The first-order valence-corrected chi connectivity index (χ1v) is 8.13. The predicted molar refractivity (Wildman–Crippen MR) is 99.1 cm³/mol. The van der Waals surface area contributed by atoms with E-state index in [4.69, 9.17) is 9.47 Å². The number of fused-ring (bicyclic) bond motifs is 4. The Balaban J connectivity index is 2.02. The van der Waals surface area contributed by atoms with Gasteiger partial charge in [0.05, 0.1) is 30.3 Å². The van der Waals surface area contributed by atoms with E-state index in [1.165, 1.54) is 14.2 Å². The maximum Gasteiger partial charge on any atom is 0.295 e. The van der Waals surface area contributed by atoms with E-state index < -0.39 is 0 Å². The van der Waals surface area contributed by atoms with Crippen LogP contribution in [0.3, 0.4) is 0 Å². The monoisotopic (exact) mass is 346 g/mol. The second-order valence-corrected chi connectivity index (χ2v) is 6.19. The molecule has 3 aromatic carbocycles. The number of methoxy groups -OCH3 is 2. The standard InChI is InChI=1S/C20H14N2O4/c1-25-16-9-14-15(10-17(16)26-2)22(24)20-13-8-4-6-11-5-3-7-12(18(11)13)19(20)21(14)23/h3-10H,1-2H3. The fourth-order valence-electron chi connectivity index (χ4n) is 3.83. The minimum absolute atomic E-state index is 0.237. The van der Waals surface area contributed by atoms with Crippen molar-refractivity contribution in [1.82, 2.24) is 4.73 Å². The first kappa shape index (κ1) is 14.8. The molecule has 1 aliphatic rings. The Morgan fingerprint density at radius 2 is 1.62 bits per heavy atom. The minimum Gasteiger partial charge on any atom is -0.805 e. The Morgan fingerprint density at radius 3 is 2.31 bits per heavy atom. The van der Waals surface area contributed by atoms with Crippen molar-refractivity contribution in [3.05, 3.63) is 58.6 Å². The van der Waals surface area contributed by atoms with Crippen LogP contribution in [0, 0.1) is 10.1 Å². The zero-order valence-electron chi connectivity index (χ0n) is 14.1. The van der Waals surface area contributed by atoms with Gasteiger partial charge < -0.3 is 19.4 Å². The highest BCUT2D eigenvalue weighted by Gasteiger charge is 2.34. The van der Waals surface area contributed by atoms with Gasteiger partial charge in [0.25, 0.3) is 11.2 Å². The van der Waals surface area contributed by atoms with Crippen LogP contribution in [0.4, 0.5) is 0 Å². The van der Waals surface area contributed by atoms with Crippen molar-refractivity contribution < 1.29 is 13.9 Å². The molecule has 0 amide bonds. The lowest BCUT2D eigenvalue weighted by atomic mass is 10.0. The van der Waals surface area contributed by atoms with Gasteiger partial charge in [-0.15, -0.1) is 0 Å². The van der Waals surface area contributed by atoms with E-state index in [-0.39, 0.29) is 11.0 Å². The van der Waals surface area contributed by atoms with E-state index in [1.807, 2.05) is 36.4 Å². The summed E-state index contributed by atoms with van der Waals surface area (Å²) in [4.78, 5) is 13.2. The van der Waals surface area contributed by atoms with Gasteiger partial charge in [-0.25, -0.2) is 0 Å². The molecule has 128 valence electrons. The van der Waals surface area contributed by atoms with Crippen LogP contribution in [0.15, 0.2) is 48.5 Å². The summed E-state index contributed by atoms with van der Waals surface area (Å²) in [5.74, 6) is 0.802. The van der Waals surface area contributed by atoms with Gasteiger partial charge in [0.2, 0.25) is 0 Å². The summed E-state index contributed by atoms with van der Waals surface area (Å²) in [6, 6.07) is 14.6. The third-order valence-corrected chi connectivity index (χ3v) is 4.96. The Labute approximate surface area is 148 Å². The van der Waals surface area contributed by atoms with Crippen molar-refractivity contribution in [3.63, 3.8) is 0 Å². The van der Waals surface area contributed by atoms with Crippen molar-refractivity contribution in [2.24, 2.45) is 0 Å². The molecule has 6 nitrogen and oxygen atoms in total. The highest BCUT2D eigenvalue weighted by atomic mass is 16.5. The lowest BCUT2D eigenvalue weighted by molar-refractivity contribution is -0.450. The topological polar surface area (TPSA) is 69.4 Å². The molecule has 1 aromatic heterocycles. The summed E-state index contributed by atoms with van der Waals surface area (Å²) >= 11 is 0. The largest absolute Gasteiger partial charge is 0.805 e. The number of benzene rings is 3. The van der Waals surface area contributed by atoms with E-state index in [0.717, 1.165) is 31.1 Å². The highest BCUT2D eigenvalue weighted by molar-refractivity contribution is 6.13. The van der Waals surface area contributed by atoms with E-state index in [9.17, 15) is 10.1 Å². The second-order valence-electron chi connectivity index (χ2n) is 6.19. The zero-order chi connectivity index (χ0) is 18.0. The van der Waals surface area contributed by atoms with Crippen LogP contribution in [-0.4, -0.2) is 19.0 Å². The van der Waals surface area contributed by atoms with Gasteiger partial charge >= 0.3 is 0 Å². The molecule has 0 unspecified atom stereocenters. The Morgan fingerprint density at radius 1 is 0.962 bits per heavy atom. The number of hydrogen-bond donors (Lipinski definition) is 0. The smallest absolute Gasteiger partial charge is 0.295 e. The molecule has 0 N–H and O–H groups in total. The molecule has 0 saturated heterocycles. The lowest BCUT2D eigenvalue weighted by Gasteiger charge is -2.18. The van der Waals surface area contributed by atoms with E-state index >= 15 is 0 Å². The third kappa shape index (κ3) is 1.65. The predicted octanol–water partition coefficient (Wildman–Crippen LogP) is 3.72. The van der Waals surface area contributed by atoms with E-state index in [2.05, 4.69) is 0 Å². The molecular weight excluding hydrogens is 332 g/mol. The molecule has 0 saturated carbocycles. The number of ether oxygens (including phenoxy) is 2. The molecule has 0 spiro atoms. The zero-order valence-corrected chi connectivity index (χ0v) is 14.1. The summed E-state index contributed by atoms with van der Waals surface area (Å²) < 4.78 is 12.2. The van der Waals surface area contributed by atoms with Gasteiger partial charge in [0, 0.05) is 21.9 Å². The Hall–Kier alpha value is -3.54. The van der Waals surface area contributed by atoms with E-state index in [1.54, 1.807) is 12.1 Å². The van der Waals surface area contributed by atoms with Crippen LogP contribution < -0.4 is 13.9 Å². The van der Waals surface area contributed by atoms with Gasteiger partial charge in [-0.05, 0) is 11.5 Å². The minimum atomic E-state index is 0.237. The molecule has 5 rings (SSSR count). The van der Waals surface area contributed by atoms with Crippen LogP contribution >= 0.6 is 0 Å². The Kier molecular flexibility index (Phi) is 2.83. The van der Waals surface area contributed by atoms with Crippen LogP contribution in [0.1, 0.15) is 0 Å². The first-order chi connectivity index (χ1) is 12.7. The van der Waals surface area contributed by atoms with Gasteiger partial charge in [0.1, 0.15) is 11.2 Å². The normalized spacial score (nSPS) is 11.8. The third-order valence-electron chi connectivity index (χ3n) is 4.96. The van der Waals surface area contributed by atoms with Crippen molar-refractivity contribution in [3.8, 4) is 34.0 Å². The number of hydrogen-bond acceptors (Lipinski definition) is 4. The molecule has 0 fully saturated rings. The molecule has 26 heavy (non-hydrogen) atoms. The molecule has 1 aliphatic carbocycles. The molecule has 0 aliphatic heterocycles. The van der Waals surface area contributed by atoms with Crippen LogP contribution in [0.25, 0.3) is 44.3 Å². The van der Waals surface area contributed by atoms with Crippen molar-refractivity contribution in [2.75, 3.05) is 14.2 Å². The van der Waals surface area contributed by atoms with Crippen molar-refractivity contribution in [1.29, 1.82) is 0 Å². The molecular formula is C20H14N2O4. The maximum absolute atomic E-state index is 13.2. The van der Waals surface area contributed by atoms with Gasteiger partial charge in [-0.3, -0.25) is 0 Å². The molecule has 4 aromatic rings. The first-order valence-electron chi connectivity index (χ1n) is 8.13. The summed E-state index contributed by atoms with van der Waals surface area (Å²) in [5.41, 5.74) is 2.74. The molecule has 0 atom stereocenters. The summed E-state index contributed by atoms with van der Waals surface area (Å²) in [6.45, 7) is 0. The average Bonchev–Trinajstić information content (AvgIpc) is 3.02. The van der Waals surface area contributed by atoms with Gasteiger partial charge in [-0.2, -0.15) is 0 Å². The van der Waals surface area contributed by atoms with Crippen molar-refractivity contribution in [2.45, 2.75) is 0 Å². The number of nitrogens with zero attached hydrogens (tertiary/aromatic N) is 2. The molecule has 0 radical (unpaired) electrons. The molecule has 1 heterocycles. The summed E-state index contributed by atoms with van der Waals surface area (Å²) in [7, 11) is 2.99. The van der Waals surface area contributed by atoms with Crippen molar-refractivity contribution >= 4 is 21.8 Å². The van der Waals surface area contributed by atoms with Crippen LogP contribution in [0.5, 0.6) is 11.5 Å². The van der Waals surface area contributed by atoms with Crippen LogP contribution in [-0.2, 0) is 0 Å². The number of aromatic nitrogens is 2. The Bertz CT molecular complexity index is 1290. The summed E-state index contributed by atoms with van der Waals surface area (Å²) in [6.07, 6.45) is 0. The fourth-order valence-corrected chi connectivity index (χ4v) is 3.83. The number of rotatable bonds is 2. The summed E-state index contributed by atoms with van der Waals surface area (Å²) in [5, 5.41) is 15.1. The molecule has 6 heteroatoms. The SMILES string of the molecule is COc1cc2c(cc1OC)[n+](=O)c1c(n2[O-])-c2cccc3cccc-1c23. The van der Waals surface area contributed by atoms with Crippen LogP contribution in [0.2, 0.25) is 0 Å². The van der Waals surface area contributed by atoms with Gasteiger partial charge in [0.15, 0.2) is 11.5 Å². The quantitative estimate of drug-likeness (QED) is 0.457. The second kappa shape index (κ2) is 4.98. The van der Waals surface area contributed by atoms with E-state index in [0.29, 0.717) is 22.9 Å². The van der Waals surface area contributed by atoms with Gasteiger partial charge in [-0.1, -0.05) is 30.3 Å². The highest BCUT2D eigenvalue weighted by Crippen LogP contribution is 2.46.